The summed E-state index contributed by atoms with van der Waals surface area (Å²) in [7, 11) is 0. The van der Waals surface area contributed by atoms with Crippen LogP contribution in [0.3, 0.4) is 0 Å². The normalized spacial score (nSPS) is 21.4. The summed E-state index contributed by atoms with van der Waals surface area (Å²) in [5, 5.41) is 3.58. The number of fused-ring (bicyclic) bond motifs is 1. The summed E-state index contributed by atoms with van der Waals surface area (Å²) in [6, 6.07) is 16.3. The molecule has 0 radical (unpaired) electrons. The van der Waals surface area contributed by atoms with Crippen LogP contribution in [0.4, 0.5) is 11.4 Å². The van der Waals surface area contributed by atoms with Crippen molar-refractivity contribution < 1.29 is 9.53 Å². The largest absolute Gasteiger partial charge is 0.376 e. The number of ether oxygens (including phenoxy) is 1. The highest BCUT2D eigenvalue weighted by Gasteiger charge is 2.35. The average molecular weight is 380 g/mol. The van der Waals surface area contributed by atoms with Gasteiger partial charge in [0, 0.05) is 37.6 Å². The first-order chi connectivity index (χ1) is 13.7. The predicted octanol–water partition coefficient (Wildman–Crippen LogP) is 4.28. The minimum atomic E-state index is -0.183. The van der Waals surface area contributed by atoms with Crippen LogP contribution in [0.15, 0.2) is 48.5 Å². The van der Waals surface area contributed by atoms with Gasteiger partial charge in [0.1, 0.15) is 6.17 Å². The number of anilines is 2. The minimum absolute atomic E-state index is 0.0719. The highest BCUT2D eigenvalue weighted by molar-refractivity contribution is 6.01. The molecule has 1 amide bonds. The summed E-state index contributed by atoms with van der Waals surface area (Å²) in [6.45, 7) is 7.70. The summed E-state index contributed by atoms with van der Waals surface area (Å²) >= 11 is 0. The van der Waals surface area contributed by atoms with Crippen LogP contribution in [0.25, 0.3) is 0 Å². The van der Waals surface area contributed by atoms with Crippen molar-refractivity contribution in [2.75, 3.05) is 36.5 Å². The van der Waals surface area contributed by atoms with Crippen LogP contribution in [-0.4, -0.2) is 43.2 Å². The smallest absolute Gasteiger partial charge is 0.257 e. The van der Waals surface area contributed by atoms with Crippen LogP contribution < -0.4 is 10.2 Å². The van der Waals surface area contributed by atoms with E-state index < -0.39 is 0 Å². The van der Waals surface area contributed by atoms with Crippen molar-refractivity contribution in [1.29, 1.82) is 0 Å². The molecule has 2 heterocycles. The monoisotopic (exact) mass is 379 g/mol. The summed E-state index contributed by atoms with van der Waals surface area (Å²) in [5.41, 5.74) is 3.93. The van der Waals surface area contributed by atoms with Crippen molar-refractivity contribution in [2.24, 2.45) is 0 Å². The fourth-order valence-corrected chi connectivity index (χ4v) is 4.21. The van der Waals surface area contributed by atoms with Gasteiger partial charge in [0.2, 0.25) is 0 Å². The second kappa shape index (κ2) is 8.23. The second-order valence-electron chi connectivity index (χ2n) is 7.45. The van der Waals surface area contributed by atoms with Crippen molar-refractivity contribution in [3.05, 3.63) is 59.7 Å². The molecule has 1 fully saturated rings. The fourth-order valence-electron chi connectivity index (χ4n) is 4.21. The van der Waals surface area contributed by atoms with Crippen molar-refractivity contribution in [2.45, 2.75) is 39.0 Å². The van der Waals surface area contributed by atoms with Crippen molar-refractivity contribution in [3.63, 3.8) is 0 Å². The molecule has 1 N–H and O–H groups in total. The van der Waals surface area contributed by atoms with Crippen LogP contribution in [-0.2, 0) is 4.74 Å². The quantitative estimate of drug-likeness (QED) is 0.814. The number of nitrogens with one attached hydrogen (secondary N) is 1. The fraction of sp³-hybridized carbons (Fsp3) is 0.435. The summed E-state index contributed by atoms with van der Waals surface area (Å²) in [5.74, 6) is 0.0719. The Balaban J connectivity index is 1.65. The molecule has 0 spiro atoms. The Hall–Kier alpha value is -2.53. The van der Waals surface area contributed by atoms with Crippen LogP contribution in [0, 0.1) is 0 Å². The van der Waals surface area contributed by atoms with E-state index >= 15 is 0 Å². The molecule has 0 unspecified atom stereocenters. The van der Waals surface area contributed by atoms with E-state index in [-0.39, 0.29) is 18.2 Å². The lowest BCUT2D eigenvalue weighted by Crippen LogP contribution is -2.46. The highest BCUT2D eigenvalue weighted by atomic mass is 16.5. The Bertz CT molecular complexity index is 811. The number of amides is 1. The third-order valence-corrected chi connectivity index (χ3v) is 5.78. The zero-order chi connectivity index (χ0) is 19.5. The van der Waals surface area contributed by atoms with Gasteiger partial charge in [-0.1, -0.05) is 24.3 Å². The van der Waals surface area contributed by atoms with E-state index in [1.54, 1.807) is 0 Å². The molecule has 2 aromatic rings. The average Bonchev–Trinajstić information content (AvgIpc) is 3.25. The molecule has 2 aromatic carbocycles. The van der Waals surface area contributed by atoms with E-state index in [1.165, 1.54) is 5.69 Å². The van der Waals surface area contributed by atoms with Gasteiger partial charge >= 0.3 is 0 Å². The number of benzene rings is 2. The molecule has 28 heavy (non-hydrogen) atoms. The maximum atomic E-state index is 13.3. The molecule has 1 saturated heterocycles. The lowest BCUT2D eigenvalue weighted by molar-refractivity contribution is 0.0427. The summed E-state index contributed by atoms with van der Waals surface area (Å²) < 4.78 is 5.83. The SMILES string of the molecule is CCN(CC)c1ccc([C@@H]2Nc3ccccc3C(=O)N2C[C@@H]2CCCO2)cc1. The topological polar surface area (TPSA) is 44.8 Å². The van der Waals surface area contributed by atoms with E-state index in [2.05, 4.69) is 48.3 Å². The number of para-hydroxylation sites is 1. The molecular formula is C23H29N3O2. The van der Waals surface area contributed by atoms with E-state index in [0.717, 1.165) is 49.4 Å². The number of carbonyl (C=O) groups is 1. The van der Waals surface area contributed by atoms with Gasteiger partial charge < -0.3 is 19.9 Å². The van der Waals surface area contributed by atoms with Crippen molar-refractivity contribution in [1.82, 2.24) is 4.90 Å². The Kier molecular flexibility index (Phi) is 5.53. The Morgan fingerprint density at radius 1 is 1.11 bits per heavy atom. The van der Waals surface area contributed by atoms with Gasteiger partial charge in [-0.05, 0) is 56.5 Å². The molecule has 2 aliphatic heterocycles. The molecule has 2 atom stereocenters. The molecular weight excluding hydrogens is 350 g/mol. The van der Waals surface area contributed by atoms with E-state index in [4.69, 9.17) is 4.74 Å². The van der Waals surface area contributed by atoms with Crippen molar-refractivity contribution >= 4 is 17.3 Å². The van der Waals surface area contributed by atoms with Crippen LogP contribution >= 0.6 is 0 Å². The van der Waals surface area contributed by atoms with Gasteiger partial charge in [-0.15, -0.1) is 0 Å². The first kappa shape index (κ1) is 18.8. The van der Waals surface area contributed by atoms with Gasteiger partial charge in [0.05, 0.1) is 11.7 Å². The molecule has 0 bridgehead atoms. The minimum Gasteiger partial charge on any atom is -0.376 e. The number of hydrogen-bond donors (Lipinski definition) is 1. The number of nitrogens with zero attached hydrogens (tertiary/aromatic N) is 2. The Labute approximate surface area is 167 Å². The first-order valence-corrected chi connectivity index (χ1v) is 10.3. The maximum absolute atomic E-state index is 13.3. The molecule has 0 aromatic heterocycles. The van der Waals surface area contributed by atoms with Gasteiger partial charge in [0.15, 0.2) is 0 Å². The second-order valence-corrected chi connectivity index (χ2v) is 7.45. The van der Waals surface area contributed by atoms with Crippen LogP contribution in [0.5, 0.6) is 0 Å². The molecule has 0 aliphatic carbocycles. The molecule has 5 heteroatoms. The van der Waals surface area contributed by atoms with Gasteiger partial charge in [-0.25, -0.2) is 0 Å². The molecule has 148 valence electrons. The molecule has 2 aliphatic rings. The zero-order valence-electron chi connectivity index (χ0n) is 16.7. The Morgan fingerprint density at radius 2 is 1.86 bits per heavy atom. The van der Waals surface area contributed by atoms with E-state index in [0.29, 0.717) is 6.54 Å². The van der Waals surface area contributed by atoms with Crippen molar-refractivity contribution in [3.8, 4) is 0 Å². The lowest BCUT2D eigenvalue weighted by atomic mass is 10.0. The third kappa shape index (κ3) is 3.59. The Morgan fingerprint density at radius 3 is 2.54 bits per heavy atom. The summed E-state index contributed by atoms with van der Waals surface area (Å²) in [4.78, 5) is 17.5. The molecule has 4 rings (SSSR count). The van der Waals surface area contributed by atoms with Crippen LogP contribution in [0.2, 0.25) is 0 Å². The highest BCUT2D eigenvalue weighted by Crippen LogP contribution is 2.34. The summed E-state index contributed by atoms with van der Waals surface area (Å²) in [6.07, 6.45) is 2.02. The van der Waals surface area contributed by atoms with Gasteiger partial charge in [-0.3, -0.25) is 4.79 Å². The molecule has 0 saturated carbocycles. The van der Waals surface area contributed by atoms with Gasteiger partial charge in [-0.2, -0.15) is 0 Å². The number of rotatable bonds is 6. The van der Waals surface area contributed by atoms with Crippen LogP contribution in [0.1, 0.15) is 48.8 Å². The van der Waals surface area contributed by atoms with E-state index in [1.807, 2.05) is 29.2 Å². The molecule has 5 nitrogen and oxygen atoms in total. The maximum Gasteiger partial charge on any atom is 0.257 e. The standard InChI is InChI=1S/C23H29N3O2/c1-3-25(4-2)18-13-11-17(12-14-18)22-24-21-10-6-5-9-20(21)23(27)26(22)16-19-8-7-15-28-19/h5-6,9-14,19,22,24H,3-4,7-8,15-16H2,1-2H3/t19-,22+/m0/s1. The third-order valence-electron chi connectivity index (χ3n) is 5.78. The first-order valence-electron chi connectivity index (χ1n) is 10.3. The van der Waals surface area contributed by atoms with E-state index in [9.17, 15) is 4.79 Å². The zero-order valence-corrected chi connectivity index (χ0v) is 16.7. The van der Waals surface area contributed by atoms with Gasteiger partial charge in [0.25, 0.3) is 5.91 Å². The predicted molar refractivity (Wildman–Crippen MR) is 113 cm³/mol. The number of carbonyl (C=O) groups excluding carboxylic acids is 1. The number of hydrogen-bond acceptors (Lipinski definition) is 4. The lowest BCUT2D eigenvalue weighted by Gasteiger charge is -2.39.